The first kappa shape index (κ1) is 105. The van der Waals surface area contributed by atoms with E-state index in [9.17, 15) is 67.7 Å². The Morgan fingerprint density at radius 1 is 0.541 bits per heavy atom. The van der Waals surface area contributed by atoms with Crippen LogP contribution in [0.2, 0.25) is 0 Å². The highest BCUT2D eigenvalue weighted by Gasteiger charge is 2.46. The van der Waals surface area contributed by atoms with Gasteiger partial charge in [-0.05, 0) is 73.8 Å². The predicted octanol–water partition coefficient (Wildman–Crippen LogP) is -3.17. The summed E-state index contributed by atoms with van der Waals surface area (Å²) in [6, 6.07) is 2.08. The summed E-state index contributed by atoms with van der Waals surface area (Å²) in [5.41, 5.74) is 19.9. The van der Waals surface area contributed by atoms with E-state index in [0.717, 1.165) is 36.3 Å². The maximum atomic E-state index is 15.7. The molecule has 8 rings (SSSR count). The van der Waals surface area contributed by atoms with Gasteiger partial charge in [0, 0.05) is 125 Å². The summed E-state index contributed by atoms with van der Waals surface area (Å²) in [6.07, 6.45) is 3.55. The van der Waals surface area contributed by atoms with Gasteiger partial charge in [0.2, 0.25) is 100 Å². The van der Waals surface area contributed by atoms with E-state index in [1.54, 1.807) is 105 Å². The molecule has 0 aliphatic carbocycles. The van der Waals surface area contributed by atoms with Crippen LogP contribution >= 0.6 is 11.8 Å². The van der Waals surface area contributed by atoms with Crippen molar-refractivity contribution in [3.8, 4) is 0 Å². The van der Waals surface area contributed by atoms with Crippen LogP contribution in [0.4, 0.5) is 0 Å². The van der Waals surface area contributed by atoms with Gasteiger partial charge in [0.1, 0.15) is 78.5 Å². The maximum absolute atomic E-state index is 15.7. The molecular formula is C89H126N24O19S. The number of rotatable bonds is 26. The summed E-state index contributed by atoms with van der Waals surface area (Å²) in [6.45, 7) is 5.32. The molecular weight excluding hydrogens is 1740 g/mol. The molecule has 2 saturated heterocycles. The Morgan fingerprint density at radius 2 is 1.08 bits per heavy atom. The quantitative estimate of drug-likeness (QED) is 0.0145. The molecule has 44 heteroatoms. The number of hydrogen-bond acceptors (Lipinski definition) is 22. The molecule has 43 nitrogen and oxygen atoms in total. The van der Waals surface area contributed by atoms with E-state index in [1.165, 1.54) is 47.6 Å². The van der Waals surface area contributed by atoms with Crippen LogP contribution in [-0.4, -0.2) is 318 Å². The lowest BCUT2D eigenvalue weighted by atomic mass is 10.00. The molecule has 14 unspecified atom stereocenters. The van der Waals surface area contributed by atoms with Gasteiger partial charge < -0.3 is 125 Å². The monoisotopic (exact) mass is 1870 g/mol. The van der Waals surface area contributed by atoms with Gasteiger partial charge in [-0.3, -0.25) is 86.9 Å². The van der Waals surface area contributed by atoms with E-state index in [2.05, 4.69) is 78.4 Å². The second-order valence-electron chi connectivity index (χ2n) is 33.9. The van der Waals surface area contributed by atoms with Crippen molar-refractivity contribution in [2.75, 3.05) is 72.5 Å². The second-order valence-corrected chi connectivity index (χ2v) is 34.9. The Kier molecular flexibility index (Phi) is 40.0. The van der Waals surface area contributed by atoms with Gasteiger partial charge in [-0.15, -0.1) is 11.8 Å². The normalized spacial score (nSPS) is 24.0. The molecule has 5 heterocycles. The zero-order valence-electron chi connectivity index (χ0n) is 76.2. The number of thioether (sulfide) groups is 1. The average Bonchev–Trinajstić information content (AvgIpc) is 1.43. The highest BCUT2D eigenvalue weighted by molar-refractivity contribution is 8.00. The van der Waals surface area contributed by atoms with Gasteiger partial charge in [-0.2, -0.15) is 0 Å². The zero-order valence-corrected chi connectivity index (χ0v) is 77.0. The lowest BCUT2D eigenvalue weighted by molar-refractivity contribution is -0.149. The van der Waals surface area contributed by atoms with E-state index in [4.69, 9.17) is 22.6 Å². The van der Waals surface area contributed by atoms with Crippen LogP contribution in [0, 0.1) is 11.3 Å². The first-order valence-electron chi connectivity index (χ1n) is 44.3. The van der Waals surface area contributed by atoms with Crippen LogP contribution in [0.25, 0.3) is 21.8 Å². The topological polar surface area (TPSA) is 641 Å². The number of nitrogens with one attached hydrogen (secondary N) is 15. The third-order valence-electron chi connectivity index (χ3n) is 23.2. The SMILES string of the molecule is CCCCC1C(=O)N(C)C(CCCC)C(=O)NC(CCCNC(=N)N)C(=O)NC(C(=O)NCC(N)=O)CSCC(=O)NC(Cc2ccccc2)C(=O)N(C)C(C)C(=O)NC(CC(N)=O)C(=O)N2CC(O)CC2C(=O)NC(Cc2cnc[nH]2)C(=O)NC(CC(C)C)C(=O)N(C)CC(=O)NC(Cc2c[nH]c3ccccc23)C(=O)NC(CO)C(=O)NC(Cc2c[nH]c3ccccc23)C(=O)N1C. The summed E-state index contributed by atoms with van der Waals surface area (Å²) in [7, 11) is 5.18. The molecule has 722 valence electrons. The fourth-order valence-electron chi connectivity index (χ4n) is 15.8. The lowest BCUT2D eigenvalue weighted by Gasteiger charge is -2.36. The third kappa shape index (κ3) is 30.5. The Hall–Kier alpha value is -13.5. The van der Waals surface area contributed by atoms with Crippen molar-refractivity contribution in [3.63, 3.8) is 0 Å². The number of aliphatic hydroxyl groups excluding tert-OH is 2. The molecule has 6 aromatic rings. The Morgan fingerprint density at radius 3 is 1.67 bits per heavy atom. The Labute approximate surface area is 773 Å². The van der Waals surface area contributed by atoms with Gasteiger partial charge in [-0.1, -0.05) is 120 Å². The number of fused-ring (bicyclic) bond motifs is 3. The molecule has 23 N–H and O–H groups in total. The van der Waals surface area contributed by atoms with Crippen molar-refractivity contribution in [2.24, 2.45) is 23.1 Å². The molecule has 2 aliphatic rings. The number of para-hydroxylation sites is 2. The minimum atomic E-state index is -1.86. The van der Waals surface area contributed by atoms with Crippen molar-refractivity contribution in [1.29, 1.82) is 5.41 Å². The van der Waals surface area contributed by atoms with Crippen molar-refractivity contribution < 1.29 is 91.7 Å². The number of likely N-dealkylation sites (N-methyl/N-ethyl adjacent to an activating group) is 4. The number of H-pyrrole nitrogens is 3. The molecule has 3 aromatic carbocycles. The van der Waals surface area contributed by atoms with Gasteiger partial charge in [0.25, 0.3) is 0 Å². The van der Waals surface area contributed by atoms with E-state index >= 15 is 24.0 Å². The van der Waals surface area contributed by atoms with E-state index < -0.39 is 242 Å². The van der Waals surface area contributed by atoms with Crippen LogP contribution in [0.15, 0.2) is 104 Å². The second kappa shape index (κ2) is 50.8. The highest BCUT2D eigenvalue weighted by Crippen LogP contribution is 2.26. The number of benzene rings is 3. The summed E-state index contributed by atoms with van der Waals surface area (Å²) in [5, 5.41) is 60.3. The third-order valence-corrected chi connectivity index (χ3v) is 24.2. The number of aromatic nitrogens is 4. The minimum absolute atomic E-state index is 0.000395. The summed E-state index contributed by atoms with van der Waals surface area (Å²) < 4.78 is 0. The summed E-state index contributed by atoms with van der Waals surface area (Å²) in [4.78, 5) is 267. The number of aliphatic hydroxyl groups is 2. The number of primary amides is 2. The van der Waals surface area contributed by atoms with Crippen LogP contribution in [0.1, 0.15) is 128 Å². The number of nitrogens with two attached hydrogens (primary N) is 3. The molecule has 0 radical (unpaired) electrons. The number of carbonyl (C=O) groups is 17. The first-order valence-corrected chi connectivity index (χ1v) is 45.4. The number of aromatic amines is 3. The fourth-order valence-corrected chi connectivity index (χ4v) is 16.7. The average molecular weight is 1870 g/mol. The number of hydrogen-bond donors (Lipinski definition) is 20. The van der Waals surface area contributed by atoms with Crippen LogP contribution in [0.5, 0.6) is 0 Å². The van der Waals surface area contributed by atoms with Gasteiger partial charge in [-0.25, -0.2) is 4.98 Å². The number of unbranched alkanes of at least 4 members (excludes halogenated alkanes) is 2. The van der Waals surface area contributed by atoms with Crippen LogP contribution < -0.4 is 75.7 Å². The Bertz CT molecular complexity index is 5090. The molecule has 2 aliphatic heterocycles. The minimum Gasteiger partial charge on any atom is -0.394 e. The fraction of sp³-hybridized carbons (Fsp3) is 0.517. The van der Waals surface area contributed by atoms with Crippen LogP contribution in [-0.2, 0) is 107 Å². The molecule has 133 heavy (non-hydrogen) atoms. The number of imidazole rings is 1. The van der Waals surface area contributed by atoms with Crippen molar-refractivity contribution in [1.82, 2.24) is 103 Å². The molecule has 2 fully saturated rings. The van der Waals surface area contributed by atoms with Crippen molar-refractivity contribution in [2.45, 2.75) is 216 Å². The molecule has 0 bridgehead atoms. The van der Waals surface area contributed by atoms with Gasteiger partial charge >= 0.3 is 0 Å². The standard InChI is InChI=1S/C89H126N24O19S/c1-10-12-29-69-82(126)102-60(28-21-31-95-89(92)93)78(122)108-68(77(121)98-42-73(91)117)46-133-47-75(119)101-64(33-51-22-15-14-16-23-51)85(129)110(7)50(5)76(120)104-66(38-72(90)116)87(131)113-43-55(115)37-71(113)83(127)103-62(36-54-41-94-48-99-54)80(124)105-63(32-49(3)4)84(128)109(6)44-74(118)100-61(34-52-39-96-58-26-19-17-24-56(52)58)79(123)107-67(45-114)81(125)106-65(35-53-40-97-59-27-20-18-25-57(53)59)86(130)112(9)70(30-13-11-2)88(132)111(69)8/h14-20,22-27,39-41,48-50,55,60-71,96-97,114-115H,10-13,21,28-38,42-47H2,1-9H3,(H2,90,116)(H2,91,117)(H,94,99)(H,98,121)(H,100,118)(H,101,119)(H,102,126)(H,103,127)(H,104,120)(H,105,124)(H,106,125)(H,107,123)(H,108,122)(H4,92,93,95). The highest BCUT2D eigenvalue weighted by atomic mass is 32.2. The molecule has 0 spiro atoms. The number of guanidine groups is 1. The van der Waals surface area contributed by atoms with Crippen molar-refractivity contribution >= 4 is 140 Å². The molecule has 17 amide bonds. The van der Waals surface area contributed by atoms with Crippen LogP contribution in [0.3, 0.4) is 0 Å². The molecule has 3 aromatic heterocycles. The van der Waals surface area contributed by atoms with Gasteiger partial charge in [0.15, 0.2) is 5.96 Å². The molecule has 14 atom stereocenters. The largest absolute Gasteiger partial charge is 0.394 e. The summed E-state index contributed by atoms with van der Waals surface area (Å²) >= 11 is 0.780. The summed E-state index contributed by atoms with van der Waals surface area (Å²) in [5.74, 6) is -17.9. The lowest BCUT2D eigenvalue weighted by Crippen LogP contribution is -2.61. The number of nitrogens with zero attached hydrogens (tertiary/aromatic N) is 6. The Balaban J connectivity index is 1.19. The van der Waals surface area contributed by atoms with Gasteiger partial charge in [0.05, 0.1) is 44.3 Å². The van der Waals surface area contributed by atoms with E-state index in [1.807, 2.05) is 13.8 Å². The zero-order chi connectivity index (χ0) is 97.4. The predicted molar refractivity (Wildman–Crippen MR) is 491 cm³/mol. The number of amides is 17. The first-order chi connectivity index (χ1) is 63.3. The smallest absolute Gasteiger partial charge is 0.246 e. The molecule has 0 saturated carbocycles. The van der Waals surface area contributed by atoms with E-state index in [0.29, 0.717) is 69.9 Å². The number of carbonyl (C=O) groups excluding carboxylic acids is 17. The van der Waals surface area contributed by atoms with Crippen molar-refractivity contribution in [3.05, 3.63) is 126 Å². The maximum Gasteiger partial charge on any atom is 0.246 e. The van der Waals surface area contributed by atoms with E-state index in [-0.39, 0.29) is 70.3 Å².